The third-order valence-corrected chi connectivity index (χ3v) is 4.55. The van der Waals surface area contributed by atoms with Crippen LogP contribution in [0.5, 0.6) is 0 Å². The molecule has 136 valence electrons. The molecular weight excluding hydrogens is 365 g/mol. The lowest BCUT2D eigenvalue weighted by Crippen LogP contribution is -2.34. The maximum Gasteiger partial charge on any atom is 0.418 e. The number of carbonyl (C=O) groups is 1. The zero-order valence-electron chi connectivity index (χ0n) is 13.7. The molecule has 1 N–H and O–H groups in total. The molecular formula is C17H15F3N4OS. The normalized spacial score (nSPS) is 12.8. The van der Waals surface area contributed by atoms with Crippen LogP contribution in [0.25, 0.3) is 5.69 Å². The summed E-state index contributed by atoms with van der Waals surface area (Å²) in [5.41, 5.74) is -1.07. The van der Waals surface area contributed by atoms with Crippen LogP contribution in [0.2, 0.25) is 0 Å². The second-order valence-electron chi connectivity index (χ2n) is 5.72. The largest absolute Gasteiger partial charge is 0.418 e. The number of carbonyl (C=O) groups excluding carboxylic acids is 1. The van der Waals surface area contributed by atoms with Gasteiger partial charge >= 0.3 is 6.18 Å². The van der Waals surface area contributed by atoms with E-state index >= 15 is 0 Å². The molecule has 26 heavy (non-hydrogen) atoms. The van der Waals surface area contributed by atoms with Gasteiger partial charge in [0.25, 0.3) is 5.91 Å². The first-order valence-electron chi connectivity index (χ1n) is 7.77. The molecule has 1 amide bonds. The average Bonchev–Trinajstić information content (AvgIpc) is 3.25. The summed E-state index contributed by atoms with van der Waals surface area (Å²) in [4.78, 5) is 13.4. The monoisotopic (exact) mass is 380 g/mol. The van der Waals surface area contributed by atoms with Gasteiger partial charge in [0.1, 0.15) is 0 Å². The fourth-order valence-corrected chi connectivity index (χ4v) is 3.31. The minimum Gasteiger partial charge on any atom is -0.348 e. The van der Waals surface area contributed by atoms with Crippen molar-refractivity contribution >= 4 is 17.2 Å². The van der Waals surface area contributed by atoms with Crippen LogP contribution in [-0.4, -0.2) is 26.9 Å². The Labute approximate surface area is 151 Å². The molecule has 0 bridgehead atoms. The first-order valence-corrected chi connectivity index (χ1v) is 8.65. The van der Waals surface area contributed by atoms with Crippen molar-refractivity contribution in [2.45, 2.75) is 25.6 Å². The van der Waals surface area contributed by atoms with Crippen molar-refractivity contribution in [2.75, 3.05) is 0 Å². The van der Waals surface area contributed by atoms with E-state index in [1.54, 1.807) is 11.3 Å². The summed E-state index contributed by atoms with van der Waals surface area (Å²) in [7, 11) is 0. The van der Waals surface area contributed by atoms with Crippen LogP contribution >= 0.6 is 11.3 Å². The number of aromatic nitrogens is 3. The van der Waals surface area contributed by atoms with Gasteiger partial charge < -0.3 is 5.32 Å². The number of nitrogens with one attached hydrogen (secondary N) is 1. The number of alkyl halides is 3. The third kappa shape index (κ3) is 4.10. The number of nitrogens with zero attached hydrogens (tertiary/aromatic N) is 3. The molecule has 2 heterocycles. The summed E-state index contributed by atoms with van der Waals surface area (Å²) in [6.45, 7) is 1.85. The summed E-state index contributed by atoms with van der Waals surface area (Å²) in [6.07, 6.45) is -2.67. The Morgan fingerprint density at radius 3 is 2.73 bits per heavy atom. The summed E-state index contributed by atoms with van der Waals surface area (Å²) < 4.78 is 40.3. The van der Waals surface area contributed by atoms with Crippen LogP contribution in [0.15, 0.2) is 48.0 Å². The number of halogens is 3. The van der Waals surface area contributed by atoms with E-state index in [-0.39, 0.29) is 17.4 Å². The van der Waals surface area contributed by atoms with Crippen molar-refractivity contribution < 1.29 is 18.0 Å². The predicted molar refractivity (Wildman–Crippen MR) is 91.3 cm³/mol. The molecule has 1 aromatic carbocycles. The molecule has 1 atom stereocenters. The van der Waals surface area contributed by atoms with Gasteiger partial charge in [0, 0.05) is 17.3 Å². The maximum atomic E-state index is 13.1. The van der Waals surface area contributed by atoms with Gasteiger partial charge in [0.15, 0.2) is 5.69 Å². The number of rotatable bonds is 5. The topological polar surface area (TPSA) is 59.8 Å². The molecule has 0 saturated carbocycles. The van der Waals surface area contributed by atoms with E-state index in [0.717, 1.165) is 15.6 Å². The third-order valence-electron chi connectivity index (χ3n) is 3.65. The van der Waals surface area contributed by atoms with Gasteiger partial charge in [-0.1, -0.05) is 23.4 Å². The van der Waals surface area contributed by atoms with Crippen LogP contribution in [0.1, 0.15) is 27.9 Å². The second kappa shape index (κ2) is 7.28. The van der Waals surface area contributed by atoms with E-state index in [1.807, 2.05) is 24.4 Å². The highest BCUT2D eigenvalue weighted by atomic mass is 32.1. The standard InChI is InChI=1S/C17H15F3N4OS/c1-11(9-12-5-4-8-26-12)21-16(25)14-10-24(23-22-14)15-7-3-2-6-13(15)17(18,19)20/h2-8,10-11H,9H2,1H3,(H,21,25). The lowest BCUT2D eigenvalue weighted by molar-refractivity contribution is -0.137. The first kappa shape index (κ1) is 18.1. The zero-order chi connectivity index (χ0) is 18.7. The van der Waals surface area contributed by atoms with E-state index in [2.05, 4.69) is 15.6 Å². The molecule has 3 aromatic rings. The molecule has 0 aliphatic heterocycles. The molecule has 0 saturated heterocycles. The summed E-state index contributed by atoms with van der Waals surface area (Å²) in [5, 5.41) is 12.1. The highest BCUT2D eigenvalue weighted by Crippen LogP contribution is 2.33. The first-order chi connectivity index (χ1) is 12.3. The lowest BCUT2D eigenvalue weighted by Gasteiger charge is -2.12. The maximum absolute atomic E-state index is 13.1. The van der Waals surface area contributed by atoms with Crippen LogP contribution < -0.4 is 5.32 Å². The number of hydrogen-bond acceptors (Lipinski definition) is 4. The molecule has 0 aliphatic carbocycles. The number of para-hydroxylation sites is 1. The van der Waals surface area contributed by atoms with Crippen molar-refractivity contribution in [2.24, 2.45) is 0 Å². The molecule has 5 nitrogen and oxygen atoms in total. The molecule has 0 aliphatic rings. The fraction of sp³-hybridized carbons (Fsp3) is 0.235. The molecule has 0 radical (unpaired) electrons. The minimum atomic E-state index is -4.53. The van der Waals surface area contributed by atoms with E-state index < -0.39 is 17.6 Å². The molecule has 2 aromatic heterocycles. The smallest absolute Gasteiger partial charge is 0.348 e. The zero-order valence-corrected chi connectivity index (χ0v) is 14.5. The number of hydrogen-bond donors (Lipinski definition) is 1. The van der Waals surface area contributed by atoms with Gasteiger partial charge in [-0.3, -0.25) is 4.79 Å². The molecule has 0 fully saturated rings. The van der Waals surface area contributed by atoms with Gasteiger partial charge in [0.2, 0.25) is 0 Å². The molecule has 0 spiro atoms. The SMILES string of the molecule is CC(Cc1cccs1)NC(=O)c1cn(-c2ccccc2C(F)(F)F)nn1. The van der Waals surface area contributed by atoms with Crippen LogP contribution in [0, 0.1) is 0 Å². The van der Waals surface area contributed by atoms with Crippen molar-refractivity contribution in [3.63, 3.8) is 0 Å². The van der Waals surface area contributed by atoms with E-state index in [0.29, 0.717) is 6.42 Å². The van der Waals surface area contributed by atoms with Gasteiger partial charge in [-0.25, -0.2) is 4.68 Å². The minimum absolute atomic E-state index is 0.0417. The van der Waals surface area contributed by atoms with E-state index in [1.165, 1.54) is 24.4 Å². The lowest BCUT2D eigenvalue weighted by atomic mass is 10.1. The highest BCUT2D eigenvalue weighted by molar-refractivity contribution is 7.09. The van der Waals surface area contributed by atoms with E-state index in [9.17, 15) is 18.0 Å². The Morgan fingerprint density at radius 2 is 2.04 bits per heavy atom. The summed E-state index contributed by atoms with van der Waals surface area (Å²) in [5.74, 6) is -0.482. The summed E-state index contributed by atoms with van der Waals surface area (Å²) >= 11 is 1.59. The Bertz CT molecular complexity index is 890. The Morgan fingerprint density at radius 1 is 1.27 bits per heavy atom. The second-order valence-corrected chi connectivity index (χ2v) is 6.75. The van der Waals surface area contributed by atoms with Crippen LogP contribution in [-0.2, 0) is 12.6 Å². The van der Waals surface area contributed by atoms with Gasteiger partial charge in [-0.2, -0.15) is 13.2 Å². The van der Waals surface area contributed by atoms with Crippen molar-refractivity contribution in [1.29, 1.82) is 0 Å². The quantitative estimate of drug-likeness (QED) is 0.734. The Balaban J connectivity index is 1.75. The van der Waals surface area contributed by atoms with Crippen LogP contribution in [0.4, 0.5) is 13.2 Å². The highest BCUT2D eigenvalue weighted by Gasteiger charge is 2.34. The predicted octanol–water partition coefficient (Wildman–Crippen LogP) is 3.71. The average molecular weight is 380 g/mol. The van der Waals surface area contributed by atoms with Crippen molar-refractivity contribution in [3.05, 3.63) is 64.1 Å². The van der Waals surface area contributed by atoms with Crippen molar-refractivity contribution in [1.82, 2.24) is 20.3 Å². The number of amides is 1. The van der Waals surface area contributed by atoms with Gasteiger partial charge in [-0.05, 0) is 30.5 Å². The molecule has 3 rings (SSSR count). The Kier molecular flexibility index (Phi) is 5.08. The summed E-state index contributed by atoms with van der Waals surface area (Å²) in [6, 6.07) is 8.75. The van der Waals surface area contributed by atoms with Crippen molar-refractivity contribution in [3.8, 4) is 5.69 Å². The fourth-order valence-electron chi connectivity index (χ4n) is 2.48. The van der Waals surface area contributed by atoms with Gasteiger partial charge in [0.05, 0.1) is 17.4 Å². The molecule has 9 heteroatoms. The number of thiophene rings is 1. The van der Waals surface area contributed by atoms with Gasteiger partial charge in [-0.15, -0.1) is 16.4 Å². The van der Waals surface area contributed by atoms with E-state index in [4.69, 9.17) is 0 Å². The van der Waals surface area contributed by atoms with Crippen LogP contribution in [0.3, 0.4) is 0 Å². The number of benzene rings is 1. The Hall–Kier alpha value is -2.68. The molecule has 1 unspecified atom stereocenters.